The summed E-state index contributed by atoms with van der Waals surface area (Å²) in [4.78, 5) is 44.4. The van der Waals surface area contributed by atoms with E-state index in [2.05, 4.69) is 4.98 Å². The van der Waals surface area contributed by atoms with Crippen LogP contribution in [-0.2, 0) is 26.0 Å². The molecule has 0 radical (unpaired) electrons. The van der Waals surface area contributed by atoms with E-state index in [0.29, 0.717) is 28.3 Å². The Balaban J connectivity index is 1.80. The van der Waals surface area contributed by atoms with Crippen LogP contribution in [-0.4, -0.2) is 49.1 Å². The number of benzene rings is 3. The van der Waals surface area contributed by atoms with E-state index >= 15 is 0 Å². The van der Waals surface area contributed by atoms with Gasteiger partial charge in [0.15, 0.2) is 0 Å². The van der Waals surface area contributed by atoms with Gasteiger partial charge in [0.2, 0.25) is 11.8 Å². The molecule has 0 aliphatic carbocycles. The number of hydrogen-bond donors (Lipinski definition) is 1. The third kappa shape index (κ3) is 5.86. The molecule has 0 aliphatic heterocycles. The Morgan fingerprint density at radius 1 is 0.850 bits per heavy atom. The second-order valence-corrected chi connectivity index (χ2v) is 10.9. The van der Waals surface area contributed by atoms with Crippen LogP contribution in [0.1, 0.15) is 29.9 Å². The molecule has 3 aromatic carbocycles. The Morgan fingerprint density at radius 3 is 2.20 bits per heavy atom. The van der Waals surface area contributed by atoms with Crippen LogP contribution in [0.4, 0.5) is 5.69 Å². The Bertz CT molecular complexity index is 1650. The van der Waals surface area contributed by atoms with E-state index in [9.17, 15) is 22.8 Å². The molecule has 1 unspecified atom stereocenters. The van der Waals surface area contributed by atoms with Crippen LogP contribution in [0.3, 0.4) is 0 Å². The number of anilines is 1. The number of pyridine rings is 1. The van der Waals surface area contributed by atoms with Crippen molar-refractivity contribution in [2.45, 2.75) is 25.2 Å². The highest BCUT2D eigenvalue weighted by Crippen LogP contribution is 2.29. The molecule has 1 heterocycles. The molecule has 9 nitrogen and oxygen atoms in total. The first-order valence-electron chi connectivity index (χ1n) is 12.8. The number of carbonyl (C=O) groups excluding carboxylic acids is 3. The summed E-state index contributed by atoms with van der Waals surface area (Å²) in [6, 6.07) is 22.8. The maximum atomic E-state index is 14.1. The van der Waals surface area contributed by atoms with Crippen molar-refractivity contribution >= 4 is 44.2 Å². The zero-order valence-corrected chi connectivity index (χ0v) is 23.0. The number of rotatable bonds is 10. The van der Waals surface area contributed by atoms with Crippen LogP contribution >= 0.6 is 0 Å². The molecule has 4 rings (SSSR count). The zero-order valence-electron chi connectivity index (χ0n) is 22.2. The smallest absolute Gasteiger partial charge is 0.290 e. The molecule has 0 saturated carbocycles. The summed E-state index contributed by atoms with van der Waals surface area (Å²) in [5, 5.41) is 1.54. The molecular weight excluding hydrogens is 528 g/mol. The highest BCUT2D eigenvalue weighted by Gasteiger charge is 2.34. The monoisotopic (exact) mass is 558 g/mol. The van der Waals surface area contributed by atoms with Gasteiger partial charge in [0.05, 0.1) is 10.6 Å². The van der Waals surface area contributed by atoms with Gasteiger partial charge in [-0.25, -0.2) is 8.42 Å². The molecule has 206 valence electrons. The number of fused-ring (bicyclic) bond motifs is 1. The van der Waals surface area contributed by atoms with Crippen molar-refractivity contribution in [3.8, 4) is 0 Å². The summed E-state index contributed by atoms with van der Waals surface area (Å²) >= 11 is 0. The molecular formula is C30H30N4O5S. The van der Waals surface area contributed by atoms with Gasteiger partial charge in [0, 0.05) is 19.3 Å². The number of nitrogens with two attached hydrogens (primary N) is 1. The number of nitrogens with zero attached hydrogens (tertiary/aromatic N) is 3. The lowest BCUT2D eigenvalue weighted by atomic mass is 9.96. The van der Waals surface area contributed by atoms with Crippen LogP contribution in [0.5, 0.6) is 0 Å². The standard InChI is InChI=1S/C30H30N4O5S/c1-3-33(4-2)29(36)26(28(31)35)19-21-10-9-13-24(18-21)34(30(37)27-14-7-8-17-32-27)40(38,39)25-16-15-22-11-5-6-12-23(22)20-25/h5-18,20,26H,3-4,19H2,1-2H3,(H2,31,35). The SMILES string of the molecule is CCN(CC)C(=O)C(Cc1cccc(N(C(=O)c2ccccn2)S(=O)(=O)c2ccc3ccccc3c2)c1)C(N)=O. The first-order valence-corrected chi connectivity index (χ1v) is 14.3. The van der Waals surface area contributed by atoms with Crippen molar-refractivity contribution in [3.05, 3.63) is 102 Å². The largest absolute Gasteiger partial charge is 0.369 e. The predicted octanol–water partition coefficient (Wildman–Crippen LogP) is 3.78. The van der Waals surface area contributed by atoms with Crippen LogP contribution in [0.25, 0.3) is 10.8 Å². The molecule has 0 bridgehead atoms. The highest BCUT2D eigenvalue weighted by atomic mass is 32.2. The molecule has 3 amide bonds. The molecule has 40 heavy (non-hydrogen) atoms. The third-order valence-corrected chi connectivity index (χ3v) is 8.34. The highest BCUT2D eigenvalue weighted by molar-refractivity contribution is 7.93. The van der Waals surface area contributed by atoms with E-state index < -0.39 is 33.7 Å². The maximum absolute atomic E-state index is 14.1. The first kappa shape index (κ1) is 28.4. The normalized spacial score (nSPS) is 12.1. The molecule has 0 aliphatic rings. The van der Waals surface area contributed by atoms with Gasteiger partial charge >= 0.3 is 0 Å². The fourth-order valence-corrected chi connectivity index (χ4v) is 5.93. The van der Waals surface area contributed by atoms with Crippen molar-refractivity contribution in [3.63, 3.8) is 0 Å². The van der Waals surface area contributed by atoms with Gasteiger partial charge in [0.1, 0.15) is 11.6 Å². The van der Waals surface area contributed by atoms with E-state index in [0.717, 1.165) is 5.39 Å². The minimum absolute atomic E-state index is 0.0415. The predicted molar refractivity (Wildman–Crippen MR) is 153 cm³/mol. The lowest BCUT2D eigenvalue weighted by Gasteiger charge is -2.25. The summed E-state index contributed by atoms with van der Waals surface area (Å²) in [5.41, 5.74) is 6.03. The number of sulfonamides is 1. The zero-order chi connectivity index (χ0) is 28.9. The van der Waals surface area contributed by atoms with Gasteiger partial charge in [-0.05, 0) is 73.0 Å². The van der Waals surface area contributed by atoms with Crippen molar-refractivity contribution in [2.75, 3.05) is 17.4 Å². The van der Waals surface area contributed by atoms with Gasteiger partial charge in [-0.15, -0.1) is 0 Å². The topological polar surface area (TPSA) is 131 Å². The summed E-state index contributed by atoms with van der Waals surface area (Å²) in [5.74, 6) is -3.19. The quantitative estimate of drug-likeness (QED) is 0.295. The number of primary amides is 1. The van der Waals surface area contributed by atoms with E-state index in [1.165, 1.54) is 41.4 Å². The number of hydrogen-bond acceptors (Lipinski definition) is 6. The molecule has 2 N–H and O–H groups in total. The minimum atomic E-state index is -4.42. The average Bonchev–Trinajstić information content (AvgIpc) is 2.96. The van der Waals surface area contributed by atoms with Crippen LogP contribution in [0.15, 0.2) is 96.0 Å². The Morgan fingerprint density at radius 2 is 1.55 bits per heavy atom. The van der Waals surface area contributed by atoms with Crippen molar-refractivity contribution in [1.29, 1.82) is 0 Å². The minimum Gasteiger partial charge on any atom is -0.369 e. The van der Waals surface area contributed by atoms with E-state index in [-0.39, 0.29) is 22.7 Å². The Labute approximate surface area is 233 Å². The average molecular weight is 559 g/mol. The molecule has 0 spiro atoms. The van der Waals surface area contributed by atoms with Gasteiger partial charge in [0.25, 0.3) is 15.9 Å². The van der Waals surface area contributed by atoms with Crippen LogP contribution < -0.4 is 10.0 Å². The van der Waals surface area contributed by atoms with Gasteiger partial charge in [-0.3, -0.25) is 19.4 Å². The van der Waals surface area contributed by atoms with Crippen molar-refractivity contribution < 1.29 is 22.8 Å². The van der Waals surface area contributed by atoms with Gasteiger partial charge in [-0.2, -0.15) is 4.31 Å². The Hall–Kier alpha value is -4.57. The number of amides is 3. The van der Waals surface area contributed by atoms with E-state index in [4.69, 9.17) is 5.73 Å². The second-order valence-electron chi connectivity index (χ2n) is 9.14. The molecule has 0 fully saturated rings. The van der Waals surface area contributed by atoms with Gasteiger partial charge < -0.3 is 10.6 Å². The van der Waals surface area contributed by atoms with Crippen LogP contribution in [0.2, 0.25) is 0 Å². The summed E-state index contributed by atoms with van der Waals surface area (Å²) < 4.78 is 28.8. The lowest BCUT2D eigenvalue weighted by Crippen LogP contribution is -2.42. The fraction of sp³-hybridized carbons (Fsp3) is 0.200. The molecule has 1 atom stereocenters. The van der Waals surface area contributed by atoms with Gasteiger partial charge in [-0.1, -0.05) is 48.5 Å². The first-order chi connectivity index (χ1) is 19.2. The number of aromatic nitrogens is 1. The Kier molecular flexibility index (Phi) is 8.59. The van der Waals surface area contributed by atoms with Crippen LogP contribution in [0, 0.1) is 5.92 Å². The number of carbonyl (C=O) groups is 3. The van der Waals surface area contributed by atoms with Crippen molar-refractivity contribution in [1.82, 2.24) is 9.88 Å². The third-order valence-electron chi connectivity index (χ3n) is 6.63. The molecule has 0 saturated heterocycles. The van der Waals surface area contributed by atoms with Crippen molar-refractivity contribution in [2.24, 2.45) is 11.7 Å². The van der Waals surface area contributed by atoms with E-state index in [1.54, 1.807) is 56.3 Å². The summed E-state index contributed by atoms with van der Waals surface area (Å²) in [7, 11) is -4.42. The second kappa shape index (κ2) is 12.1. The maximum Gasteiger partial charge on any atom is 0.290 e. The molecule has 10 heteroatoms. The summed E-state index contributed by atoms with van der Waals surface area (Å²) in [6.45, 7) is 4.43. The van der Waals surface area contributed by atoms with E-state index in [1.807, 2.05) is 12.1 Å². The molecule has 1 aromatic heterocycles. The summed E-state index contributed by atoms with van der Waals surface area (Å²) in [6.07, 6.45) is 1.35. The molecule has 4 aromatic rings. The fourth-order valence-electron chi connectivity index (χ4n) is 4.50. The lowest BCUT2D eigenvalue weighted by molar-refractivity contribution is -0.140.